The van der Waals surface area contributed by atoms with Crippen LogP contribution in [0.2, 0.25) is 0 Å². The van der Waals surface area contributed by atoms with Crippen LogP contribution in [0.5, 0.6) is 0 Å². The van der Waals surface area contributed by atoms with E-state index in [-0.39, 0.29) is 11.9 Å². The van der Waals surface area contributed by atoms with E-state index in [1.807, 2.05) is 6.07 Å². The molecule has 0 radical (unpaired) electrons. The van der Waals surface area contributed by atoms with Crippen molar-refractivity contribution in [3.8, 4) is 0 Å². The van der Waals surface area contributed by atoms with Crippen molar-refractivity contribution in [3.63, 3.8) is 0 Å². The molecule has 1 unspecified atom stereocenters. The van der Waals surface area contributed by atoms with Crippen LogP contribution in [0.4, 0.5) is 5.82 Å². The molecular formula is C14H22N4O. The van der Waals surface area contributed by atoms with E-state index in [0.717, 1.165) is 50.3 Å². The number of amides is 1. The molecule has 2 heterocycles. The van der Waals surface area contributed by atoms with Crippen molar-refractivity contribution in [3.05, 3.63) is 23.9 Å². The second kappa shape index (κ2) is 6.52. The highest BCUT2D eigenvalue weighted by molar-refractivity contribution is 5.83. The van der Waals surface area contributed by atoms with Crippen molar-refractivity contribution in [2.45, 2.75) is 38.8 Å². The van der Waals surface area contributed by atoms with Crippen LogP contribution < -0.4 is 16.0 Å². The van der Waals surface area contributed by atoms with Crippen molar-refractivity contribution >= 4 is 11.7 Å². The Labute approximate surface area is 114 Å². The molecule has 0 spiro atoms. The van der Waals surface area contributed by atoms with Gasteiger partial charge in [0, 0.05) is 24.8 Å². The van der Waals surface area contributed by atoms with Crippen molar-refractivity contribution in [1.29, 1.82) is 0 Å². The number of piperidine rings is 1. The molecular weight excluding hydrogens is 240 g/mol. The third-order valence-electron chi connectivity index (χ3n) is 3.54. The van der Waals surface area contributed by atoms with Crippen LogP contribution in [0, 0.1) is 0 Å². The van der Waals surface area contributed by atoms with Gasteiger partial charge >= 0.3 is 0 Å². The summed E-state index contributed by atoms with van der Waals surface area (Å²) in [6.07, 6.45) is 4.74. The van der Waals surface area contributed by atoms with E-state index in [9.17, 15) is 4.79 Å². The number of hydrogen-bond donors (Lipinski definition) is 2. The lowest BCUT2D eigenvalue weighted by atomic mass is 10.0. The average molecular weight is 262 g/mol. The van der Waals surface area contributed by atoms with Crippen LogP contribution in [0.1, 0.15) is 31.7 Å². The van der Waals surface area contributed by atoms with Crippen LogP contribution in [0.15, 0.2) is 18.3 Å². The number of pyridine rings is 1. The molecule has 3 N–H and O–H groups in total. The number of nitrogens with one attached hydrogen (secondary N) is 1. The lowest BCUT2D eigenvalue weighted by Crippen LogP contribution is -2.48. The van der Waals surface area contributed by atoms with Gasteiger partial charge in [-0.05, 0) is 31.9 Å². The fraction of sp³-hybridized carbons (Fsp3) is 0.571. The lowest BCUT2D eigenvalue weighted by molar-refractivity contribution is -0.119. The number of nitrogens with zero attached hydrogens (tertiary/aromatic N) is 2. The fourth-order valence-corrected chi connectivity index (χ4v) is 2.57. The van der Waals surface area contributed by atoms with Crippen molar-refractivity contribution in [2.24, 2.45) is 5.73 Å². The highest BCUT2D eigenvalue weighted by Gasteiger charge is 2.29. The van der Waals surface area contributed by atoms with Crippen LogP contribution >= 0.6 is 0 Å². The van der Waals surface area contributed by atoms with Gasteiger partial charge in [-0.1, -0.05) is 13.0 Å². The first-order chi connectivity index (χ1) is 9.24. The van der Waals surface area contributed by atoms with Crippen LogP contribution in [-0.2, 0) is 11.3 Å². The summed E-state index contributed by atoms with van der Waals surface area (Å²) in [7, 11) is 0. The maximum atomic E-state index is 11.6. The summed E-state index contributed by atoms with van der Waals surface area (Å²) in [6.45, 7) is 4.60. The minimum absolute atomic E-state index is 0.218. The Bertz CT molecular complexity index is 435. The monoisotopic (exact) mass is 262 g/mol. The van der Waals surface area contributed by atoms with Gasteiger partial charge in [-0.15, -0.1) is 0 Å². The number of hydrogen-bond acceptors (Lipinski definition) is 4. The number of primary amides is 1. The molecule has 2 rings (SSSR count). The maximum Gasteiger partial charge on any atom is 0.240 e. The molecule has 0 aromatic carbocycles. The summed E-state index contributed by atoms with van der Waals surface area (Å²) in [5.41, 5.74) is 6.64. The molecule has 104 valence electrons. The maximum absolute atomic E-state index is 11.6. The topological polar surface area (TPSA) is 71.2 Å². The zero-order chi connectivity index (χ0) is 13.7. The molecule has 0 bridgehead atoms. The Kier molecular flexibility index (Phi) is 4.74. The summed E-state index contributed by atoms with van der Waals surface area (Å²) >= 11 is 0. The highest BCUT2D eigenvalue weighted by atomic mass is 16.1. The van der Waals surface area contributed by atoms with Crippen molar-refractivity contribution < 1.29 is 4.79 Å². The molecule has 5 heteroatoms. The number of anilines is 1. The molecule has 1 saturated heterocycles. The van der Waals surface area contributed by atoms with E-state index in [1.165, 1.54) is 0 Å². The van der Waals surface area contributed by atoms with E-state index in [0.29, 0.717) is 0 Å². The lowest BCUT2D eigenvalue weighted by Gasteiger charge is -2.35. The summed E-state index contributed by atoms with van der Waals surface area (Å²) in [5, 5.41) is 3.31. The molecule has 1 aromatic rings. The van der Waals surface area contributed by atoms with Gasteiger partial charge in [0.15, 0.2) is 0 Å². The van der Waals surface area contributed by atoms with Crippen molar-refractivity contribution in [1.82, 2.24) is 10.3 Å². The first-order valence-corrected chi connectivity index (χ1v) is 6.94. The fourth-order valence-electron chi connectivity index (χ4n) is 2.57. The SMILES string of the molecule is CCNCc1cccnc1N1CCCCC1C(N)=O. The smallest absolute Gasteiger partial charge is 0.240 e. The molecule has 1 aliphatic heterocycles. The number of aromatic nitrogens is 1. The largest absolute Gasteiger partial charge is 0.368 e. The summed E-state index contributed by atoms with van der Waals surface area (Å²) < 4.78 is 0. The molecule has 19 heavy (non-hydrogen) atoms. The van der Waals surface area contributed by atoms with Crippen molar-refractivity contribution in [2.75, 3.05) is 18.0 Å². The molecule has 0 saturated carbocycles. The molecule has 1 aromatic heterocycles. The van der Waals surface area contributed by atoms with Gasteiger partial charge in [-0.3, -0.25) is 4.79 Å². The van der Waals surface area contributed by atoms with Gasteiger partial charge in [0.1, 0.15) is 11.9 Å². The summed E-state index contributed by atoms with van der Waals surface area (Å²) in [4.78, 5) is 18.1. The molecule has 1 atom stereocenters. The number of rotatable bonds is 5. The molecule has 5 nitrogen and oxygen atoms in total. The molecule has 1 fully saturated rings. The Morgan fingerprint density at radius 2 is 2.42 bits per heavy atom. The third-order valence-corrected chi connectivity index (χ3v) is 3.54. The van der Waals surface area contributed by atoms with E-state index in [2.05, 4.69) is 28.2 Å². The van der Waals surface area contributed by atoms with E-state index >= 15 is 0 Å². The number of carbonyl (C=O) groups excluding carboxylic acids is 1. The quantitative estimate of drug-likeness (QED) is 0.831. The molecule has 1 amide bonds. The minimum atomic E-state index is -0.250. The first-order valence-electron chi connectivity index (χ1n) is 6.94. The molecule has 0 aliphatic carbocycles. The standard InChI is InChI=1S/C14H22N4O/c1-2-16-10-11-6-5-8-17-14(11)18-9-4-3-7-12(18)13(15)19/h5-6,8,12,16H,2-4,7,9-10H2,1H3,(H2,15,19). The number of carbonyl (C=O) groups is 1. The zero-order valence-corrected chi connectivity index (χ0v) is 11.4. The van der Waals surface area contributed by atoms with Gasteiger partial charge in [-0.25, -0.2) is 4.98 Å². The average Bonchev–Trinajstić information content (AvgIpc) is 2.45. The van der Waals surface area contributed by atoms with Crippen LogP contribution in [0.25, 0.3) is 0 Å². The van der Waals surface area contributed by atoms with E-state index < -0.39 is 0 Å². The highest BCUT2D eigenvalue weighted by Crippen LogP contribution is 2.25. The summed E-state index contributed by atoms with van der Waals surface area (Å²) in [5.74, 6) is 0.645. The van der Waals surface area contributed by atoms with Gasteiger partial charge in [0.25, 0.3) is 0 Å². The predicted octanol–water partition coefficient (Wildman–Crippen LogP) is 1.04. The predicted molar refractivity (Wildman–Crippen MR) is 75.8 cm³/mol. The first kappa shape index (κ1) is 13.8. The molecule has 1 aliphatic rings. The third kappa shape index (κ3) is 3.23. The normalized spacial score (nSPS) is 19.4. The van der Waals surface area contributed by atoms with Gasteiger partial charge in [0.2, 0.25) is 5.91 Å². The van der Waals surface area contributed by atoms with Gasteiger partial charge in [0.05, 0.1) is 0 Å². The van der Waals surface area contributed by atoms with E-state index in [4.69, 9.17) is 5.73 Å². The minimum Gasteiger partial charge on any atom is -0.368 e. The Balaban J connectivity index is 2.25. The van der Waals surface area contributed by atoms with Gasteiger partial charge < -0.3 is 16.0 Å². The number of nitrogens with two attached hydrogens (primary N) is 1. The van der Waals surface area contributed by atoms with Gasteiger partial charge in [-0.2, -0.15) is 0 Å². The Hall–Kier alpha value is -1.62. The summed E-state index contributed by atoms with van der Waals surface area (Å²) in [6, 6.07) is 3.76. The van der Waals surface area contributed by atoms with Crippen LogP contribution in [0.3, 0.4) is 0 Å². The Morgan fingerprint density at radius 1 is 1.58 bits per heavy atom. The second-order valence-corrected chi connectivity index (χ2v) is 4.87. The Morgan fingerprint density at radius 3 is 3.16 bits per heavy atom. The zero-order valence-electron chi connectivity index (χ0n) is 11.4. The second-order valence-electron chi connectivity index (χ2n) is 4.87. The van der Waals surface area contributed by atoms with E-state index in [1.54, 1.807) is 6.20 Å². The van der Waals surface area contributed by atoms with Crippen LogP contribution in [-0.4, -0.2) is 30.0 Å².